The molecule has 4 heteroatoms. The minimum Gasteiger partial charge on any atom is -0.488 e. The Morgan fingerprint density at radius 3 is 2.55 bits per heavy atom. The van der Waals surface area contributed by atoms with Crippen LogP contribution in [-0.4, -0.2) is 10.9 Å². The zero-order chi connectivity index (χ0) is 14.5. The fourth-order valence-corrected chi connectivity index (χ4v) is 1.97. The molecule has 0 aliphatic rings. The van der Waals surface area contributed by atoms with Gasteiger partial charge in [-0.15, -0.1) is 0 Å². The van der Waals surface area contributed by atoms with E-state index < -0.39 is 0 Å². The fourth-order valence-electron chi connectivity index (χ4n) is 1.85. The molecule has 2 aromatic carbocycles. The summed E-state index contributed by atoms with van der Waals surface area (Å²) in [5.74, 6) is 0.695. The largest absolute Gasteiger partial charge is 0.488 e. The van der Waals surface area contributed by atoms with Crippen molar-refractivity contribution in [2.75, 3.05) is 0 Å². The van der Waals surface area contributed by atoms with Crippen LogP contribution in [0.2, 0.25) is 5.02 Å². The van der Waals surface area contributed by atoms with Crippen LogP contribution in [0.4, 0.5) is 0 Å². The molecule has 0 saturated carbocycles. The summed E-state index contributed by atoms with van der Waals surface area (Å²) in [5.41, 5.74) is 3.43. The summed E-state index contributed by atoms with van der Waals surface area (Å²) in [6, 6.07) is 13.3. The molecule has 2 aromatic rings. The molecule has 0 spiro atoms. The zero-order valence-electron chi connectivity index (χ0n) is 11.4. The van der Waals surface area contributed by atoms with Gasteiger partial charge in [-0.05, 0) is 43.7 Å². The quantitative estimate of drug-likeness (QED) is 0.514. The third-order valence-corrected chi connectivity index (χ3v) is 3.23. The number of rotatable bonds is 4. The predicted octanol–water partition coefficient (Wildman–Crippen LogP) is 4.43. The molecule has 104 valence electrons. The number of nitrogens with zero attached hydrogens (tertiary/aromatic N) is 1. The number of ether oxygens (including phenoxy) is 1. The van der Waals surface area contributed by atoms with E-state index in [0.29, 0.717) is 23.1 Å². The van der Waals surface area contributed by atoms with E-state index in [1.807, 2.05) is 49.4 Å². The van der Waals surface area contributed by atoms with Crippen LogP contribution >= 0.6 is 11.6 Å². The summed E-state index contributed by atoms with van der Waals surface area (Å²) < 4.78 is 5.81. The van der Waals surface area contributed by atoms with Crippen molar-refractivity contribution in [1.82, 2.24) is 0 Å². The first-order chi connectivity index (χ1) is 9.60. The molecule has 0 aliphatic heterocycles. The van der Waals surface area contributed by atoms with E-state index in [9.17, 15) is 0 Å². The van der Waals surface area contributed by atoms with Crippen LogP contribution in [0.15, 0.2) is 47.6 Å². The summed E-state index contributed by atoms with van der Waals surface area (Å²) in [4.78, 5) is 0. The first-order valence-corrected chi connectivity index (χ1v) is 6.65. The topological polar surface area (TPSA) is 41.8 Å². The first kappa shape index (κ1) is 14.4. The molecule has 0 bridgehead atoms. The molecule has 2 rings (SSSR count). The molecular formula is C16H16ClNO2. The Hall–Kier alpha value is -2.00. The molecule has 1 N–H and O–H groups in total. The molecule has 0 saturated heterocycles. The van der Waals surface area contributed by atoms with Crippen molar-refractivity contribution in [1.29, 1.82) is 0 Å². The Bertz CT molecular complexity index is 621. The van der Waals surface area contributed by atoms with E-state index in [4.69, 9.17) is 21.5 Å². The predicted molar refractivity (Wildman–Crippen MR) is 81.0 cm³/mol. The Kier molecular flexibility index (Phi) is 4.64. The second kappa shape index (κ2) is 6.44. The average Bonchev–Trinajstić information content (AvgIpc) is 2.46. The average molecular weight is 290 g/mol. The first-order valence-electron chi connectivity index (χ1n) is 6.27. The van der Waals surface area contributed by atoms with Gasteiger partial charge in [-0.1, -0.05) is 40.5 Å². The maximum absolute atomic E-state index is 8.94. The van der Waals surface area contributed by atoms with Crippen molar-refractivity contribution in [2.45, 2.75) is 20.5 Å². The van der Waals surface area contributed by atoms with Crippen LogP contribution < -0.4 is 4.74 Å². The van der Waals surface area contributed by atoms with Gasteiger partial charge in [-0.3, -0.25) is 0 Å². The molecule has 0 aliphatic carbocycles. The zero-order valence-corrected chi connectivity index (χ0v) is 12.2. The van der Waals surface area contributed by atoms with Gasteiger partial charge in [0.1, 0.15) is 12.4 Å². The second-order valence-electron chi connectivity index (χ2n) is 4.60. The van der Waals surface area contributed by atoms with Gasteiger partial charge >= 0.3 is 0 Å². The van der Waals surface area contributed by atoms with E-state index in [-0.39, 0.29) is 0 Å². The number of hydrogen-bond donors (Lipinski definition) is 1. The number of benzene rings is 2. The van der Waals surface area contributed by atoms with Gasteiger partial charge < -0.3 is 9.94 Å². The Morgan fingerprint density at radius 1 is 1.20 bits per heavy atom. The molecular weight excluding hydrogens is 274 g/mol. The summed E-state index contributed by atoms with van der Waals surface area (Å²) >= 11 is 5.85. The van der Waals surface area contributed by atoms with Gasteiger partial charge in [0, 0.05) is 10.6 Å². The molecule has 0 aromatic heterocycles. The van der Waals surface area contributed by atoms with Crippen LogP contribution in [0.5, 0.6) is 5.75 Å². The van der Waals surface area contributed by atoms with E-state index in [2.05, 4.69) is 5.16 Å². The Balaban J connectivity index is 2.19. The highest BCUT2D eigenvalue weighted by Gasteiger charge is 2.08. The molecule has 20 heavy (non-hydrogen) atoms. The van der Waals surface area contributed by atoms with E-state index in [1.165, 1.54) is 0 Å². The van der Waals surface area contributed by atoms with Crippen LogP contribution in [0.25, 0.3) is 0 Å². The summed E-state index contributed by atoms with van der Waals surface area (Å²) in [6.07, 6.45) is 0. The minimum absolute atomic E-state index is 0.436. The molecule has 0 atom stereocenters. The lowest BCUT2D eigenvalue weighted by molar-refractivity contribution is 0.303. The lowest BCUT2D eigenvalue weighted by Crippen LogP contribution is -2.03. The molecule has 0 amide bonds. The van der Waals surface area contributed by atoms with Crippen molar-refractivity contribution in [2.24, 2.45) is 5.16 Å². The van der Waals surface area contributed by atoms with Crippen LogP contribution in [0, 0.1) is 6.92 Å². The van der Waals surface area contributed by atoms with Crippen molar-refractivity contribution in [3.63, 3.8) is 0 Å². The monoisotopic (exact) mass is 289 g/mol. The van der Waals surface area contributed by atoms with E-state index in [0.717, 1.165) is 16.7 Å². The highest BCUT2D eigenvalue weighted by molar-refractivity contribution is 6.30. The van der Waals surface area contributed by atoms with Gasteiger partial charge in [-0.2, -0.15) is 0 Å². The Morgan fingerprint density at radius 2 is 1.90 bits per heavy atom. The molecule has 0 fully saturated rings. The van der Waals surface area contributed by atoms with E-state index >= 15 is 0 Å². The highest BCUT2D eigenvalue weighted by atomic mass is 35.5. The normalized spacial score (nSPS) is 11.4. The molecule has 3 nitrogen and oxygen atoms in total. The van der Waals surface area contributed by atoms with Crippen LogP contribution in [0.1, 0.15) is 23.6 Å². The number of aryl methyl sites for hydroxylation is 1. The van der Waals surface area contributed by atoms with Crippen molar-refractivity contribution < 1.29 is 9.94 Å². The maximum Gasteiger partial charge on any atom is 0.128 e. The summed E-state index contributed by atoms with van der Waals surface area (Å²) in [7, 11) is 0. The second-order valence-corrected chi connectivity index (χ2v) is 5.04. The minimum atomic E-state index is 0.436. The van der Waals surface area contributed by atoms with Crippen LogP contribution in [0.3, 0.4) is 0 Å². The molecule has 0 unspecified atom stereocenters. The fraction of sp³-hybridized carbons (Fsp3) is 0.188. The highest BCUT2D eigenvalue weighted by Crippen LogP contribution is 2.22. The summed E-state index contributed by atoms with van der Waals surface area (Å²) in [6.45, 7) is 4.16. The molecule has 0 heterocycles. The third kappa shape index (κ3) is 3.52. The van der Waals surface area contributed by atoms with Gasteiger partial charge in [0.2, 0.25) is 0 Å². The number of oxime groups is 1. The smallest absolute Gasteiger partial charge is 0.128 e. The standard InChI is InChI=1S/C16H16ClNO2/c1-11-3-8-16(15(9-11)12(2)18-19)20-10-13-4-6-14(17)7-5-13/h3-9,19H,10H2,1-2H3/b18-12+. The van der Waals surface area contributed by atoms with Crippen molar-refractivity contribution in [3.05, 3.63) is 64.2 Å². The Labute approximate surface area is 123 Å². The SMILES string of the molecule is C/C(=N\O)c1cc(C)ccc1OCc1ccc(Cl)cc1. The van der Waals surface area contributed by atoms with Crippen LogP contribution in [-0.2, 0) is 6.61 Å². The van der Waals surface area contributed by atoms with Gasteiger partial charge in [0.05, 0.1) is 5.71 Å². The molecule has 0 radical (unpaired) electrons. The number of hydrogen-bond acceptors (Lipinski definition) is 3. The lowest BCUT2D eigenvalue weighted by atomic mass is 10.1. The number of halogens is 1. The maximum atomic E-state index is 8.94. The van der Waals surface area contributed by atoms with Crippen molar-refractivity contribution in [3.8, 4) is 5.75 Å². The van der Waals surface area contributed by atoms with Gasteiger partial charge in [-0.25, -0.2) is 0 Å². The third-order valence-electron chi connectivity index (χ3n) is 2.98. The lowest BCUT2D eigenvalue weighted by Gasteiger charge is -2.12. The van der Waals surface area contributed by atoms with E-state index in [1.54, 1.807) is 6.92 Å². The summed E-state index contributed by atoms with van der Waals surface area (Å²) in [5, 5.41) is 12.9. The van der Waals surface area contributed by atoms with Gasteiger partial charge in [0.25, 0.3) is 0 Å². The van der Waals surface area contributed by atoms with Crippen molar-refractivity contribution >= 4 is 17.3 Å². The van der Waals surface area contributed by atoms with Gasteiger partial charge in [0.15, 0.2) is 0 Å².